The van der Waals surface area contributed by atoms with Crippen LogP contribution in [0.1, 0.15) is 25.3 Å². The quantitative estimate of drug-likeness (QED) is 0.162. The molecular weight excluding hydrogens is 590 g/mol. The van der Waals surface area contributed by atoms with Gasteiger partial charge in [0.1, 0.15) is 49.4 Å². The molecule has 2 aliphatic rings. The number of ether oxygens (including phenoxy) is 2. The minimum Gasteiger partial charge on any atom is -0.382 e. The van der Waals surface area contributed by atoms with Crippen molar-refractivity contribution in [2.45, 2.75) is 37.5 Å². The van der Waals surface area contributed by atoms with E-state index in [1.807, 2.05) is 0 Å². The molecule has 4 aromatic heterocycles. The molecule has 0 saturated carbocycles. The molecule has 17 nitrogen and oxygen atoms in total. The summed E-state index contributed by atoms with van der Waals surface area (Å²) in [6.45, 7) is 3.86. The number of imidazole rings is 2. The molecule has 3 unspecified atom stereocenters. The Hall–Kier alpha value is -3.56. The largest absolute Gasteiger partial charge is 0.694 e. The van der Waals surface area contributed by atoms with Crippen LogP contribution in [0.4, 0.5) is 11.6 Å². The van der Waals surface area contributed by atoms with Gasteiger partial charge in [-0.1, -0.05) is 6.08 Å². The number of hydrogen-bond donors (Lipinski definition) is 3. The number of fused-ring (bicyclic) bond motifs is 2. The third kappa shape index (κ3) is 5.47. The molecule has 0 aliphatic carbocycles. The van der Waals surface area contributed by atoms with E-state index in [4.69, 9.17) is 30.0 Å². The molecule has 6 rings (SSSR count). The van der Waals surface area contributed by atoms with E-state index in [2.05, 4.69) is 36.5 Å². The fourth-order valence-electron chi connectivity index (χ4n) is 5.45. The first-order chi connectivity index (χ1) is 20.3. The van der Waals surface area contributed by atoms with Crippen molar-refractivity contribution in [3.8, 4) is 0 Å². The zero-order valence-electron chi connectivity index (χ0n) is 22.1. The van der Waals surface area contributed by atoms with Crippen LogP contribution in [-0.2, 0) is 27.7 Å². The van der Waals surface area contributed by atoms with Gasteiger partial charge in [-0.15, -0.1) is 20.5 Å². The van der Waals surface area contributed by atoms with Gasteiger partial charge in [0.2, 0.25) is 0 Å². The average Bonchev–Trinajstić information content (AvgIpc) is 3.76. The van der Waals surface area contributed by atoms with Gasteiger partial charge in [0, 0.05) is 16.4 Å². The van der Waals surface area contributed by atoms with Crippen molar-refractivity contribution >= 4 is 50.2 Å². The highest BCUT2D eigenvalue weighted by Crippen LogP contribution is 2.46. The highest BCUT2D eigenvalue weighted by molar-refractivity contribution is 7.39. The Kier molecular flexibility index (Phi) is 8.14. The van der Waals surface area contributed by atoms with Crippen LogP contribution < -0.4 is 11.5 Å². The predicted molar refractivity (Wildman–Crippen MR) is 148 cm³/mol. The van der Waals surface area contributed by atoms with Gasteiger partial charge in [0.25, 0.3) is 0 Å². The van der Waals surface area contributed by atoms with Gasteiger partial charge in [-0.05, 0) is 17.4 Å². The minimum atomic E-state index is -2.87. The number of aromatic nitrogens is 8. The van der Waals surface area contributed by atoms with Crippen molar-refractivity contribution < 1.29 is 32.5 Å². The summed E-state index contributed by atoms with van der Waals surface area (Å²) < 4.78 is 51.1. The van der Waals surface area contributed by atoms with E-state index in [0.717, 1.165) is 0 Å². The van der Waals surface area contributed by atoms with Crippen LogP contribution >= 0.6 is 16.3 Å². The number of anilines is 2. The molecule has 8 atom stereocenters. The monoisotopic (exact) mass is 618 g/mol. The summed E-state index contributed by atoms with van der Waals surface area (Å²) in [6, 6.07) is 0. The van der Waals surface area contributed by atoms with Crippen LogP contribution in [0.3, 0.4) is 0 Å². The number of rotatable bonds is 11. The molecular formula is C23H28N10O7P2+2. The van der Waals surface area contributed by atoms with Gasteiger partial charge in [-0.2, -0.15) is 0 Å². The molecule has 0 spiro atoms. The third-order valence-electron chi connectivity index (χ3n) is 7.44. The molecule has 0 radical (unpaired) electrons. The van der Waals surface area contributed by atoms with Crippen molar-refractivity contribution in [2.24, 2.45) is 11.8 Å². The zero-order chi connectivity index (χ0) is 29.4. The SMILES string of the molecule is C=C[C@@H]1[C@H](C[P+](=O)OC[C@@H]2CC[C@H](n3cnc4c(N)ncnc43)O2)C(CO[P+](=O)O)O[C@H]1n1cnc2c(N)ncnc21. The van der Waals surface area contributed by atoms with Crippen LogP contribution in [0.5, 0.6) is 0 Å². The van der Waals surface area contributed by atoms with E-state index in [-0.39, 0.29) is 49.3 Å². The molecule has 0 amide bonds. The number of nitrogen functional groups attached to an aromatic ring is 2. The zero-order valence-corrected chi connectivity index (χ0v) is 23.9. The molecule has 5 N–H and O–H groups in total. The predicted octanol–water partition coefficient (Wildman–Crippen LogP) is 2.25. The van der Waals surface area contributed by atoms with Crippen LogP contribution in [-0.4, -0.2) is 75.5 Å². The first-order valence-electron chi connectivity index (χ1n) is 13.0. The van der Waals surface area contributed by atoms with E-state index in [9.17, 15) is 14.0 Å². The molecule has 220 valence electrons. The fraction of sp³-hybridized carbons (Fsp3) is 0.478. The van der Waals surface area contributed by atoms with Crippen LogP contribution in [0.2, 0.25) is 0 Å². The molecule has 42 heavy (non-hydrogen) atoms. The van der Waals surface area contributed by atoms with Gasteiger partial charge >= 0.3 is 16.3 Å². The molecule has 0 aromatic carbocycles. The van der Waals surface area contributed by atoms with Gasteiger partial charge in [0.05, 0.1) is 24.9 Å². The lowest BCUT2D eigenvalue weighted by molar-refractivity contribution is -0.0277. The standard InChI is InChI=1S/C23H27N10O7P2/c1-2-13-14(15(6-38-42(35)36)40-23(13)33-11-31-18-20(25)27-9-29-22(18)33)7-41(34)37-5-12-3-4-16(39-12)32-10-30-17-19(24)26-8-28-21(17)32/h2,8-16,23H,1,3-7H2,(H4-,24,25,26,27,28,29,35,36)/q+1/p+1/t12-,13+,14-,15?,16+,23+/m0/s1. The molecule has 19 heteroatoms. The summed E-state index contributed by atoms with van der Waals surface area (Å²) >= 11 is 0. The Balaban J connectivity index is 1.12. The van der Waals surface area contributed by atoms with Crippen molar-refractivity contribution in [2.75, 3.05) is 30.8 Å². The van der Waals surface area contributed by atoms with Crippen molar-refractivity contribution in [1.82, 2.24) is 39.0 Å². The lowest BCUT2D eigenvalue weighted by Gasteiger charge is -2.18. The summed E-state index contributed by atoms with van der Waals surface area (Å²) in [5.74, 6) is -0.311. The van der Waals surface area contributed by atoms with Crippen LogP contribution in [0.25, 0.3) is 22.3 Å². The van der Waals surface area contributed by atoms with E-state index >= 15 is 0 Å². The Morgan fingerprint density at radius 2 is 1.62 bits per heavy atom. The topological polar surface area (TPSA) is 231 Å². The van der Waals surface area contributed by atoms with E-state index in [0.29, 0.717) is 35.2 Å². The molecule has 2 aliphatic heterocycles. The second kappa shape index (κ2) is 12.0. The normalized spacial score (nSPS) is 26.7. The molecule has 2 fully saturated rings. The maximum atomic E-state index is 13.2. The highest BCUT2D eigenvalue weighted by Gasteiger charge is 2.49. The molecule has 6 heterocycles. The number of hydrogen-bond acceptors (Lipinski definition) is 14. The second-order valence-electron chi connectivity index (χ2n) is 9.84. The Labute approximate surface area is 240 Å². The summed E-state index contributed by atoms with van der Waals surface area (Å²) in [5, 5.41) is 0. The van der Waals surface area contributed by atoms with Gasteiger partial charge < -0.3 is 20.9 Å². The minimum absolute atomic E-state index is 0.0843. The van der Waals surface area contributed by atoms with Crippen molar-refractivity contribution in [3.63, 3.8) is 0 Å². The van der Waals surface area contributed by atoms with Gasteiger partial charge in [0.15, 0.2) is 29.1 Å². The summed E-state index contributed by atoms with van der Waals surface area (Å²) in [6.07, 6.45) is 6.98. The van der Waals surface area contributed by atoms with E-state index in [1.54, 1.807) is 21.5 Å². The molecule has 0 bridgehead atoms. The number of nitrogens with zero attached hydrogens (tertiary/aromatic N) is 8. The van der Waals surface area contributed by atoms with E-state index < -0.39 is 34.5 Å². The Morgan fingerprint density at radius 3 is 2.29 bits per heavy atom. The number of nitrogens with two attached hydrogens (primary N) is 2. The van der Waals surface area contributed by atoms with Gasteiger partial charge in [-0.25, -0.2) is 29.9 Å². The molecule has 2 saturated heterocycles. The molecule has 4 aromatic rings. The highest BCUT2D eigenvalue weighted by atomic mass is 31.1. The van der Waals surface area contributed by atoms with Crippen molar-refractivity contribution in [1.29, 1.82) is 0 Å². The van der Waals surface area contributed by atoms with E-state index in [1.165, 1.54) is 19.0 Å². The fourth-order valence-corrected chi connectivity index (χ4v) is 6.99. The maximum absolute atomic E-state index is 13.2. The Morgan fingerprint density at radius 1 is 0.952 bits per heavy atom. The maximum Gasteiger partial charge on any atom is 0.694 e. The van der Waals surface area contributed by atoms with Crippen LogP contribution in [0, 0.1) is 11.8 Å². The smallest absolute Gasteiger partial charge is 0.382 e. The lowest BCUT2D eigenvalue weighted by Crippen LogP contribution is -2.26. The Bertz CT molecular complexity index is 1650. The summed E-state index contributed by atoms with van der Waals surface area (Å²) in [7, 11) is -5.04. The average molecular weight is 618 g/mol. The first kappa shape index (κ1) is 28.6. The summed E-state index contributed by atoms with van der Waals surface area (Å²) in [4.78, 5) is 34.3. The van der Waals surface area contributed by atoms with Gasteiger partial charge in [-0.3, -0.25) is 9.13 Å². The second-order valence-corrected chi connectivity index (χ2v) is 11.9. The van der Waals surface area contributed by atoms with Crippen LogP contribution in [0.15, 0.2) is 38.0 Å². The summed E-state index contributed by atoms with van der Waals surface area (Å²) in [5.41, 5.74) is 13.8. The third-order valence-corrected chi connectivity index (χ3v) is 8.97. The van der Waals surface area contributed by atoms with Crippen molar-refractivity contribution in [3.05, 3.63) is 38.0 Å². The first-order valence-corrected chi connectivity index (χ1v) is 15.5. The lowest BCUT2D eigenvalue weighted by atomic mass is 9.91.